The molecule has 4 bridgehead atoms. The minimum absolute atomic E-state index is 0.140. The number of nitrogens with zero attached hydrogens (tertiary/aromatic N) is 2. The SMILES string of the molecule is Cn1ncc(Br)c1C(=O)C12CC3CC(C)(CC(C)(C3)C1)C2. The first-order chi connectivity index (χ1) is 9.74. The minimum Gasteiger partial charge on any atom is -0.292 e. The van der Waals surface area contributed by atoms with Crippen LogP contribution in [0.5, 0.6) is 0 Å². The summed E-state index contributed by atoms with van der Waals surface area (Å²) in [6, 6.07) is 0. The van der Waals surface area contributed by atoms with Gasteiger partial charge in [0.05, 0.1) is 10.7 Å². The molecule has 0 aliphatic heterocycles. The highest BCUT2D eigenvalue weighted by Gasteiger charge is 2.63. The molecule has 0 aromatic carbocycles. The number of ketones is 1. The molecule has 4 saturated carbocycles. The van der Waals surface area contributed by atoms with Crippen LogP contribution >= 0.6 is 15.9 Å². The van der Waals surface area contributed by atoms with E-state index in [4.69, 9.17) is 0 Å². The molecule has 3 nitrogen and oxygen atoms in total. The fourth-order valence-corrected chi connectivity index (χ4v) is 7.15. The molecule has 1 heterocycles. The van der Waals surface area contributed by atoms with E-state index < -0.39 is 0 Å². The quantitative estimate of drug-likeness (QED) is 0.742. The lowest BCUT2D eigenvalue weighted by atomic mass is 9.39. The molecule has 0 spiro atoms. The summed E-state index contributed by atoms with van der Waals surface area (Å²) < 4.78 is 2.59. The lowest BCUT2D eigenvalue weighted by Crippen LogP contribution is -2.57. The molecule has 2 unspecified atom stereocenters. The van der Waals surface area contributed by atoms with Gasteiger partial charge in [-0.25, -0.2) is 0 Å². The number of carbonyl (C=O) groups excluding carboxylic acids is 1. The number of Topliss-reactive ketones (excluding diaryl/α,β-unsaturated/α-hetero) is 1. The molecule has 5 rings (SSSR count). The number of aryl methyl sites for hydroxylation is 1. The molecule has 0 radical (unpaired) electrons. The molecule has 1 aromatic heterocycles. The highest BCUT2D eigenvalue weighted by molar-refractivity contribution is 9.10. The van der Waals surface area contributed by atoms with Gasteiger partial charge in [0.25, 0.3) is 0 Å². The second kappa shape index (κ2) is 4.01. The molecule has 21 heavy (non-hydrogen) atoms. The zero-order chi connectivity index (χ0) is 15.0. The van der Waals surface area contributed by atoms with Crippen LogP contribution in [-0.2, 0) is 7.05 Å². The zero-order valence-electron chi connectivity index (χ0n) is 13.1. The number of rotatable bonds is 2. The Hall–Kier alpha value is -0.640. The van der Waals surface area contributed by atoms with Crippen molar-refractivity contribution < 1.29 is 4.79 Å². The standard InChI is InChI=1S/C17H23BrN2O/c1-15-4-11-5-16(2,8-15)10-17(6-11,9-15)14(21)13-12(18)7-19-20(13)3/h7,11H,4-6,8-10H2,1-3H3. The van der Waals surface area contributed by atoms with E-state index in [1.165, 1.54) is 19.3 Å². The molecule has 2 atom stereocenters. The lowest BCUT2D eigenvalue weighted by molar-refractivity contribution is -0.125. The fraction of sp³-hybridized carbons (Fsp3) is 0.765. The summed E-state index contributed by atoms with van der Waals surface area (Å²) in [5, 5.41) is 4.25. The van der Waals surface area contributed by atoms with Crippen LogP contribution in [0.1, 0.15) is 62.9 Å². The Morgan fingerprint density at radius 3 is 2.33 bits per heavy atom. The summed E-state index contributed by atoms with van der Waals surface area (Å²) in [7, 11) is 1.88. The van der Waals surface area contributed by atoms with Crippen LogP contribution in [0.25, 0.3) is 0 Å². The maximum atomic E-state index is 13.4. The molecule has 0 amide bonds. The first kappa shape index (κ1) is 14.0. The largest absolute Gasteiger partial charge is 0.292 e. The Balaban J connectivity index is 1.79. The van der Waals surface area contributed by atoms with Crippen LogP contribution in [0.2, 0.25) is 0 Å². The van der Waals surface area contributed by atoms with E-state index in [1.807, 2.05) is 7.05 Å². The van der Waals surface area contributed by atoms with E-state index in [-0.39, 0.29) is 5.41 Å². The molecular weight excluding hydrogens is 328 g/mol. The smallest absolute Gasteiger partial charge is 0.188 e. The van der Waals surface area contributed by atoms with Gasteiger partial charge in [0.2, 0.25) is 0 Å². The average molecular weight is 351 g/mol. The minimum atomic E-state index is -0.140. The zero-order valence-corrected chi connectivity index (χ0v) is 14.7. The molecule has 1 aromatic rings. The van der Waals surface area contributed by atoms with Crippen molar-refractivity contribution in [1.29, 1.82) is 0 Å². The van der Waals surface area contributed by atoms with E-state index in [1.54, 1.807) is 10.9 Å². The van der Waals surface area contributed by atoms with Crippen molar-refractivity contribution in [2.24, 2.45) is 29.2 Å². The second-order valence-electron chi connectivity index (χ2n) is 8.70. The third-order valence-electron chi connectivity index (χ3n) is 6.22. The Morgan fingerprint density at radius 1 is 1.24 bits per heavy atom. The van der Waals surface area contributed by atoms with Crippen LogP contribution in [0.4, 0.5) is 0 Å². The summed E-state index contributed by atoms with van der Waals surface area (Å²) in [4.78, 5) is 13.4. The number of aromatic nitrogens is 2. The van der Waals surface area contributed by atoms with Gasteiger partial charge < -0.3 is 0 Å². The van der Waals surface area contributed by atoms with Crippen molar-refractivity contribution >= 4 is 21.7 Å². The molecule has 4 fully saturated rings. The fourth-order valence-electron chi connectivity index (χ4n) is 6.62. The molecular formula is C17H23BrN2O. The van der Waals surface area contributed by atoms with Crippen LogP contribution in [0.3, 0.4) is 0 Å². The number of hydrogen-bond acceptors (Lipinski definition) is 2. The predicted octanol–water partition coefficient (Wildman–Crippen LogP) is 4.36. The van der Waals surface area contributed by atoms with Gasteiger partial charge in [-0.2, -0.15) is 5.10 Å². The second-order valence-corrected chi connectivity index (χ2v) is 9.56. The van der Waals surface area contributed by atoms with Crippen LogP contribution in [0.15, 0.2) is 10.7 Å². The van der Waals surface area contributed by atoms with Crippen molar-refractivity contribution in [2.75, 3.05) is 0 Å². The van der Waals surface area contributed by atoms with Gasteiger partial charge in [-0.1, -0.05) is 13.8 Å². The third kappa shape index (κ3) is 1.90. The van der Waals surface area contributed by atoms with Crippen molar-refractivity contribution in [1.82, 2.24) is 9.78 Å². The molecule has 114 valence electrons. The van der Waals surface area contributed by atoms with E-state index in [0.29, 0.717) is 16.6 Å². The maximum absolute atomic E-state index is 13.4. The summed E-state index contributed by atoms with van der Waals surface area (Å²) in [6.45, 7) is 4.83. The van der Waals surface area contributed by atoms with Crippen LogP contribution in [-0.4, -0.2) is 15.6 Å². The molecule has 4 aliphatic rings. The molecule has 0 N–H and O–H groups in total. The highest BCUT2D eigenvalue weighted by atomic mass is 79.9. The van der Waals surface area contributed by atoms with Crippen molar-refractivity contribution in [3.63, 3.8) is 0 Å². The van der Waals surface area contributed by atoms with Crippen molar-refractivity contribution in [3.05, 3.63) is 16.4 Å². The number of carbonyl (C=O) groups is 1. The predicted molar refractivity (Wildman–Crippen MR) is 85.1 cm³/mol. The average Bonchev–Trinajstić information content (AvgIpc) is 2.63. The van der Waals surface area contributed by atoms with E-state index in [0.717, 1.165) is 35.3 Å². The number of hydrogen-bond donors (Lipinski definition) is 0. The summed E-state index contributed by atoms with van der Waals surface area (Å²) in [5.74, 6) is 1.07. The normalized spacial score (nSPS) is 44.3. The first-order valence-corrected chi connectivity index (χ1v) is 8.76. The van der Waals surface area contributed by atoms with E-state index in [9.17, 15) is 4.79 Å². The molecule has 4 aliphatic carbocycles. The van der Waals surface area contributed by atoms with Gasteiger partial charge in [-0.15, -0.1) is 0 Å². The summed E-state index contributed by atoms with van der Waals surface area (Å²) in [5.41, 5.74) is 1.37. The van der Waals surface area contributed by atoms with Gasteiger partial charge in [-0.05, 0) is 71.2 Å². The Bertz CT molecular complexity index is 597. The lowest BCUT2D eigenvalue weighted by Gasteiger charge is -2.64. The summed E-state index contributed by atoms with van der Waals surface area (Å²) in [6.07, 6.45) is 8.93. The first-order valence-electron chi connectivity index (χ1n) is 7.97. The Kier molecular flexibility index (Phi) is 2.67. The van der Waals surface area contributed by atoms with Crippen molar-refractivity contribution in [2.45, 2.75) is 52.4 Å². The molecule has 4 heteroatoms. The van der Waals surface area contributed by atoms with Gasteiger partial charge >= 0.3 is 0 Å². The van der Waals surface area contributed by atoms with E-state index >= 15 is 0 Å². The van der Waals surface area contributed by atoms with Gasteiger partial charge in [0, 0.05) is 12.5 Å². The molecule has 0 saturated heterocycles. The number of halogens is 1. The van der Waals surface area contributed by atoms with Crippen LogP contribution in [0, 0.1) is 22.2 Å². The van der Waals surface area contributed by atoms with E-state index in [2.05, 4.69) is 34.9 Å². The highest BCUT2D eigenvalue weighted by Crippen LogP contribution is 2.70. The van der Waals surface area contributed by atoms with Crippen molar-refractivity contribution in [3.8, 4) is 0 Å². The maximum Gasteiger partial charge on any atom is 0.188 e. The third-order valence-corrected chi connectivity index (χ3v) is 6.80. The summed E-state index contributed by atoms with van der Waals surface area (Å²) >= 11 is 3.52. The van der Waals surface area contributed by atoms with Gasteiger partial charge in [0.15, 0.2) is 5.78 Å². The Morgan fingerprint density at radius 2 is 1.86 bits per heavy atom. The van der Waals surface area contributed by atoms with Gasteiger partial charge in [-0.3, -0.25) is 9.48 Å². The topological polar surface area (TPSA) is 34.9 Å². The monoisotopic (exact) mass is 350 g/mol. The Labute approximate surface area is 134 Å². The van der Waals surface area contributed by atoms with Crippen LogP contribution < -0.4 is 0 Å². The van der Waals surface area contributed by atoms with Gasteiger partial charge in [0.1, 0.15) is 5.69 Å².